The maximum absolute atomic E-state index is 10.3. The molecule has 2 N–H and O–H groups in total. The van der Waals surface area contributed by atoms with Crippen molar-refractivity contribution in [3.8, 4) is 0 Å². The van der Waals surface area contributed by atoms with Crippen molar-refractivity contribution in [3.63, 3.8) is 0 Å². The maximum Gasteiger partial charge on any atom is 0.303 e. The normalized spacial score (nSPS) is 13.5. The molecule has 0 aliphatic heterocycles. The van der Waals surface area contributed by atoms with E-state index in [-0.39, 0.29) is 12.5 Å². The number of carboxylic acids is 1. The van der Waals surface area contributed by atoms with Gasteiger partial charge in [0.1, 0.15) is 0 Å². The Balaban J connectivity index is 3.47. The first-order chi connectivity index (χ1) is 11.2. The third kappa shape index (κ3) is 18.6. The predicted molar refractivity (Wildman–Crippen MR) is 97.5 cm³/mol. The molecule has 3 heteroatoms. The zero-order valence-electron chi connectivity index (χ0n) is 14.6. The van der Waals surface area contributed by atoms with E-state index in [1.807, 2.05) is 6.08 Å². The number of aliphatic hydroxyl groups excluding tert-OH is 1. The van der Waals surface area contributed by atoms with Crippen molar-refractivity contribution in [1.82, 2.24) is 0 Å². The zero-order chi connectivity index (χ0) is 17.2. The van der Waals surface area contributed by atoms with Crippen molar-refractivity contribution >= 4 is 5.97 Å². The van der Waals surface area contributed by atoms with E-state index in [1.54, 1.807) is 0 Å². The van der Waals surface area contributed by atoms with Gasteiger partial charge < -0.3 is 10.2 Å². The van der Waals surface area contributed by atoms with Gasteiger partial charge in [-0.05, 0) is 51.4 Å². The number of unbranched alkanes of at least 4 members (excludes halogenated alkanes) is 4. The summed E-state index contributed by atoms with van der Waals surface area (Å²) in [6.07, 6.45) is 22.3. The number of rotatable bonds is 15. The summed E-state index contributed by atoms with van der Waals surface area (Å²) >= 11 is 0. The van der Waals surface area contributed by atoms with Gasteiger partial charge in [-0.15, -0.1) is 0 Å². The molecule has 0 saturated heterocycles. The fourth-order valence-corrected chi connectivity index (χ4v) is 2.17. The minimum atomic E-state index is -0.729. The molecule has 132 valence electrons. The summed E-state index contributed by atoms with van der Waals surface area (Å²) in [6.45, 7) is 2.20. The largest absolute Gasteiger partial charge is 0.481 e. The molecule has 0 saturated carbocycles. The van der Waals surface area contributed by atoms with Gasteiger partial charge in [-0.1, -0.05) is 56.2 Å². The van der Waals surface area contributed by atoms with Crippen LogP contribution in [0.4, 0.5) is 0 Å². The van der Waals surface area contributed by atoms with Crippen LogP contribution in [0.1, 0.15) is 77.6 Å². The molecule has 0 radical (unpaired) electrons. The van der Waals surface area contributed by atoms with Gasteiger partial charge >= 0.3 is 5.97 Å². The van der Waals surface area contributed by atoms with Gasteiger partial charge in [0.15, 0.2) is 0 Å². The third-order valence-corrected chi connectivity index (χ3v) is 3.58. The summed E-state index contributed by atoms with van der Waals surface area (Å²) < 4.78 is 0. The number of aliphatic carboxylic acids is 1. The van der Waals surface area contributed by atoms with Crippen molar-refractivity contribution < 1.29 is 15.0 Å². The van der Waals surface area contributed by atoms with Gasteiger partial charge in [-0.3, -0.25) is 4.79 Å². The van der Waals surface area contributed by atoms with Crippen molar-refractivity contribution in [2.45, 2.75) is 83.7 Å². The minimum absolute atomic E-state index is 0.241. The average Bonchev–Trinajstić information content (AvgIpc) is 2.52. The Labute approximate surface area is 141 Å². The molecule has 0 aliphatic carbocycles. The van der Waals surface area contributed by atoms with Gasteiger partial charge in [-0.2, -0.15) is 0 Å². The molecule has 0 amide bonds. The summed E-state index contributed by atoms with van der Waals surface area (Å²) in [5, 5.41) is 18.4. The summed E-state index contributed by atoms with van der Waals surface area (Å²) in [4.78, 5) is 10.3. The second kappa shape index (κ2) is 17.0. The smallest absolute Gasteiger partial charge is 0.303 e. The van der Waals surface area contributed by atoms with Crippen LogP contribution in [0.3, 0.4) is 0 Å². The van der Waals surface area contributed by atoms with E-state index in [9.17, 15) is 9.90 Å². The molecule has 3 nitrogen and oxygen atoms in total. The molecular weight excluding hydrogens is 288 g/mol. The lowest BCUT2D eigenvalue weighted by molar-refractivity contribution is -0.137. The monoisotopic (exact) mass is 322 g/mol. The van der Waals surface area contributed by atoms with Gasteiger partial charge in [-0.25, -0.2) is 0 Å². The fraction of sp³-hybridized carbons (Fsp3) is 0.650. The number of carbonyl (C=O) groups is 1. The first kappa shape index (κ1) is 21.6. The van der Waals surface area contributed by atoms with Crippen molar-refractivity contribution in [2.24, 2.45) is 0 Å². The highest BCUT2D eigenvalue weighted by Crippen LogP contribution is 2.06. The van der Waals surface area contributed by atoms with E-state index < -0.39 is 5.97 Å². The standard InChI is InChI=1S/C20H34O3/c1-2-3-4-5-10-13-16-19(21)17-14-11-8-6-7-9-12-15-18-20(22)23/h7-11,13,19,21H,2-6,12,14-18H2,1H3,(H,22,23)/t19-/m0/s1. The molecular formula is C20H34O3. The van der Waals surface area contributed by atoms with Crippen LogP contribution in [-0.4, -0.2) is 22.3 Å². The number of carboxylic acid groups (broad SMARTS) is 1. The Morgan fingerprint density at radius 3 is 2.26 bits per heavy atom. The number of hydrogen-bond acceptors (Lipinski definition) is 2. The molecule has 0 aromatic heterocycles. The molecule has 0 bridgehead atoms. The predicted octanol–water partition coefficient (Wildman–Crippen LogP) is 5.41. The molecule has 0 spiro atoms. The SMILES string of the molecule is CCCCCC=CC[C@H](O)CCC=CCC=CCCCC(=O)O. The van der Waals surface area contributed by atoms with Crippen LogP contribution in [0, 0.1) is 0 Å². The van der Waals surface area contributed by atoms with Crippen LogP contribution in [0.25, 0.3) is 0 Å². The Bertz CT molecular complexity index is 356. The lowest BCUT2D eigenvalue weighted by atomic mass is 10.1. The van der Waals surface area contributed by atoms with Gasteiger partial charge in [0.25, 0.3) is 0 Å². The molecule has 23 heavy (non-hydrogen) atoms. The highest BCUT2D eigenvalue weighted by atomic mass is 16.4. The topological polar surface area (TPSA) is 57.5 Å². The molecule has 1 atom stereocenters. The quantitative estimate of drug-likeness (QED) is 0.313. The van der Waals surface area contributed by atoms with Crippen LogP contribution in [0.5, 0.6) is 0 Å². The molecule has 0 aromatic rings. The minimum Gasteiger partial charge on any atom is -0.481 e. The zero-order valence-corrected chi connectivity index (χ0v) is 14.6. The van der Waals surface area contributed by atoms with Crippen molar-refractivity contribution in [2.75, 3.05) is 0 Å². The highest BCUT2D eigenvalue weighted by molar-refractivity contribution is 5.66. The van der Waals surface area contributed by atoms with Crippen LogP contribution in [0.2, 0.25) is 0 Å². The fourth-order valence-electron chi connectivity index (χ4n) is 2.17. The van der Waals surface area contributed by atoms with Crippen molar-refractivity contribution in [1.29, 1.82) is 0 Å². The average molecular weight is 322 g/mol. The maximum atomic E-state index is 10.3. The Hall–Kier alpha value is -1.35. The number of allylic oxidation sites excluding steroid dienone is 5. The second-order valence-electron chi connectivity index (χ2n) is 5.90. The molecule has 0 heterocycles. The summed E-state index contributed by atoms with van der Waals surface area (Å²) in [5.41, 5.74) is 0. The van der Waals surface area contributed by atoms with E-state index in [0.717, 1.165) is 38.5 Å². The van der Waals surface area contributed by atoms with E-state index >= 15 is 0 Å². The summed E-state index contributed by atoms with van der Waals surface area (Å²) in [6, 6.07) is 0. The molecule has 0 fully saturated rings. The summed E-state index contributed by atoms with van der Waals surface area (Å²) in [7, 11) is 0. The number of hydrogen-bond donors (Lipinski definition) is 2. The number of aliphatic hydroxyl groups is 1. The van der Waals surface area contributed by atoms with Crippen LogP contribution >= 0.6 is 0 Å². The Kier molecular flexibility index (Phi) is 16.0. The van der Waals surface area contributed by atoms with E-state index in [4.69, 9.17) is 5.11 Å². The van der Waals surface area contributed by atoms with Crippen LogP contribution < -0.4 is 0 Å². The Morgan fingerprint density at radius 2 is 1.57 bits per heavy atom. The molecule has 0 aromatic carbocycles. The first-order valence-electron chi connectivity index (χ1n) is 9.01. The van der Waals surface area contributed by atoms with Crippen LogP contribution in [-0.2, 0) is 4.79 Å². The van der Waals surface area contributed by atoms with Gasteiger partial charge in [0.05, 0.1) is 6.10 Å². The third-order valence-electron chi connectivity index (χ3n) is 3.58. The second-order valence-corrected chi connectivity index (χ2v) is 5.90. The van der Waals surface area contributed by atoms with E-state index in [0.29, 0.717) is 6.42 Å². The summed E-state index contributed by atoms with van der Waals surface area (Å²) in [5.74, 6) is -0.729. The Morgan fingerprint density at radius 1 is 0.913 bits per heavy atom. The molecule has 0 unspecified atom stereocenters. The van der Waals surface area contributed by atoms with E-state index in [1.165, 1.54) is 19.3 Å². The van der Waals surface area contributed by atoms with Crippen molar-refractivity contribution in [3.05, 3.63) is 36.5 Å². The molecule has 0 rings (SSSR count). The lowest BCUT2D eigenvalue weighted by Crippen LogP contribution is -2.03. The van der Waals surface area contributed by atoms with Gasteiger partial charge in [0.2, 0.25) is 0 Å². The van der Waals surface area contributed by atoms with E-state index in [2.05, 4.69) is 37.3 Å². The lowest BCUT2D eigenvalue weighted by Gasteiger charge is -2.05. The van der Waals surface area contributed by atoms with Crippen LogP contribution in [0.15, 0.2) is 36.5 Å². The first-order valence-corrected chi connectivity index (χ1v) is 9.01. The molecule has 0 aliphatic rings. The van der Waals surface area contributed by atoms with Gasteiger partial charge in [0, 0.05) is 6.42 Å². The highest BCUT2D eigenvalue weighted by Gasteiger charge is 1.98.